The Labute approximate surface area is 226 Å². The lowest BCUT2D eigenvalue weighted by Crippen LogP contribution is -2.41. The summed E-state index contributed by atoms with van der Waals surface area (Å²) in [5.74, 6) is 1.10. The number of halogens is 1. The van der Waals surface area contributed by atoms with Gasteiger partial charge in [-0.3, -0.25) is 4.79 Å². The fourth-order valence-corrected chi connectivity index (χ4v) is 5.49. The molecule has 3 aromatic rings. The molecule has 0 radical (unpaired) electrons. The van der Waals surface area contributed by atoms with Crippen LogP contribution in [0.1, 0.15) is 54.4 Å². The molecular formula is C31H31FO7. The lowest BCUT2D eigenvalue weighted by Gasteiger charge is -2.31. The number of carboxylic acids is 1. The van der Waals surface area contributed by atoms with E-state index in [1.54, 1.807) is 30.3 Å². The van der Waals surface area contributed by atoms with Crippen molar-refractivity contribution in [1.82, 2.24) is 0 Å². The van der Waals surface area contributed by atoms with Crippen molar-refractivity contribution in [3.63, 3.8) is 0 Å². The van der Waals surface area contributed by atoms with Crippen molar-refractivity contribution >= 4 is 5.97 Å². The summed E-state index contributed by atoms with van der Waals surface area (Å²) >= 11 is 0. The number of hydrogen-bond acceptors (Lipinski definition) is 6. The lowest BCUT2D eigenvalue weighted by atomic mass is 9.96. The Morgan fingerprint density at radius 1 is 0.974 bits per heavy atom. The molecule has 2 aliphatic carbocycles. The Hall–Kier alpha value is -3.62. The molecule has 1 saturated heterocycles. The van der Waals surface area contributed by atoms with Gasteiger partial charge < -0.3 is 29.2 Å². The first kappa shape index (κ1) is 25.6. The minimum Gasteiger partial charge on any atom is -0.491 e. The summed E-state index contributed by atoms with van der Waals surface area (Å²) in [6.07, 6.45) is 2.57. The van der Waals surface area contributed by atoms with Crippen LogP contribution in [-0.2, 0) is 16.0 Å². The minimum absolute atomic E-state index is 0.0554. The van der Waals surface area contributed by atoms with E-state index in [4.69, 9.17) is 24.1 Å². The zero-order valence-corrected chi connectivity index (χ0v) is 21.5. The van der Waals surface area contributed by atoms with Crippen LogP contribution in [0.5, 0.6) is 23.0 Å². The maximum absolute atomic E-state index is 14.9. The van der Waals surface area contributed by atoms with Crippen LogP contribution in [0.4, 0.5) is 4.39 Å². The first-order valence-corrected chi connectivity index (χ1v) is 13.4. The average molecular weight is 535 g/mol. The number of hydrogen-bond donors (Lipinski definition) is 2. The van der Waals surface area contributed by atoms with Gasteiger partial charge in [0.2, 0.25) is 0 Å². The lowest BCUT2D eigenvalue weighted by molar-refractivity contribution is -0.138. The van der Waals surface area contributed by atoms with E-state index in [0.717, 1.165) is 11.1 Å². The molecule has 0 amide bonds. The number of benzene rings is 3. The SMILES string of the molecule is O=C(O)C1CC1c1ccc(OC2CCc3c(Oc4ccc(OCC5(O)CCOCC5)cc4)ccc(F)c32)cc1. The Kier molecular flexibility index (Phi) is 6.91. The van der Waals surface area contributed by atoms with E-state index in [9.17, 15) is 14.3 Å². The quantitative estimate of drug-likeness (QED) is 0.359. The summed E-state index contributed by atoms with van der Waals surface area (Å²) in [7, 11) is 0. The van der Waals surface area contributed by atoms with Crippen molar-refractivity contribution in [2.45, 2.75) is 49.7 Å². The van der Waals surface area contributed by atoms with Gasteiger partial charge in [-0.1, -0.05) is 12.1 Å². The number of carboxylic acid groups (broad SMARTS) is 1. The van der Waals surface area contributed by atoms with Gasteiger partial charge in [0.05, 0.1) is 5.92 Å². The third kappa shape index (κ3) is 5.58. The highest BCUT2D eigenvalue weighted by molar-refractivity contribution is 5.75. The van der Waals surface area contributed by atoms with Crippen LogP contribution in [0, 0.1) is 11.7 Å². The molecule has 0 spiro atoms. The number of rotatable bonds is 9. The molecule has 1 heterocycles. The molecule has 3 unspecified atom stereocenters. The molecule has 0 aromatic heterocycles. The Bertz CT molecular complexity index is 1330. The van der Waals surface area contributed by atoms with Crippen LogP contribution >= 0.6 is 0 Å². The molecule has 2 N–H and O–H groups in total. The zero-order chi connectivity index (χ0) is 27.0. The fourth-order valence-electron chi connectivity index (χ4n) is 5.49. The van der Waals surface area contributed by atoms with Crippen LogP contribution in [0.3, 0.4) is 0 Å². The maximum Gasteiger partial charge on any atom is 0.307 e. The minimum atomic E-state index is -0.872. The topological polar surface area (TPSA) is 94.5 Å². The van der Waals surface area contributed by atoms with E-state index in [-0.39, 0.29) is 24.3 Å². The van der Waals surface area contributed by atoms with Crippen molar-refractivity contribution in [3.8, 4) is 23.0 Å². The van der Waals surface area contributed by atoms with Gasteiger partial charge in [0.25, 0.3) is 0 Å². The molecule has 7 nitrogen and oxygen atoms in total. The van der Waals surface area contributed by atoms with Gasteiger partial charge in [-0.2, -0.15) is 0 Å². The van der Waals surface area contributed by atoms with Gasteiger partial charge in [0.15, 0.2) is 0 Å². The third-order valence-corrected chi connectivity index (χ3v) is 7.92. The van der Waals surface area contributed by atoms with Crippen molar-refractivity contribution < 1.29 is 38.3 Å². The first-order valence-electron chi connectivity index (χ1n) is 13.4. The van der Waals surface area contributed by atoms with E-state index >= 15 is 0 Å². The van der Waals surface area contributed by atoms with Gasteiger partial charge in [-0.15, -0.1) is 0 Å². The number of aliphatic hydroxyl groups is 1. The molecule has 2 fully saturated rings. The van der Waals surface area contributed by atoms with Gasteiger partial charge in [-0.25, -0.2) is 4.39 Å². The predicted octanol–water partition coefficient (Wildman–Crippen LogP) is 5.79. The highest BCUT2D eigenvalue weighted by Gasteiger charge is 2.44. The molecule has 1 aliphatic heterocycles. The van der Waals surface area contributed by atoms with E-state index in [2.05, 4.69) is 0 Å². The monoisotopic (exact) mass is 534 g/mol. The van der Waals surface area contributed by atoms with Gasteiger partial charge >= 0.3 is 5.97 Å². The number of aliphatic carboxylic acids is 1. The van der Waals surface area contributed by atoms with Crippen LogP contribution in [-0.4, -0.2) is 41.6 Å². The largest absolute Gasteiger partial charge is 0.491 e. The maximum atomic E-state index is 14.9. The number of ether oxygens (including phenoxy) is 4. The third-order valence-electron chi connectivity index (χ3n) is 7.92. The smallest absolute Gasteiger partial charge is 0.307 e. The molecule has 0 bridgehead atoms. The predicted molar refractivity (Wildman–Crippen MR) is 140 cm³/mol. The van der Waals surface area contributed by atoms with Gasteiger partial charge in [-0.05, 0) is 79.3 Å². The van der Waals surface area contributed by atoms with Crippen LogP contribution in [0.25, 0.3) is 0 Å². The summed E-state index contributed by atoms with van der Waals surface area (Å²) in [6, 6.07) is 17.7. The summed E-state index contributed by atoms with van der Waals surface area (Å²) in [4.78, 5) is 11.2. The van der Waals surface area contributed by atoms with Crippen LogP contribution in [0.15, 0.2) is 60.7 Å². The van der Waals surface area contributed by atoms with Crippen molar-refractivity contribution in [3.05, 3.63) is 83.2 Å². The Morgan fingerprint density at radius 2 is 1.67 bits per heavy atom. The first-order chi connectivity index (χ1) is 18.9. The summed E-state index contributed by atoms with van der Waals surface area (Å²) in [6.45, 7) is 1.26. The highest BCUT2D eigenvalue weighted by Crippen LogP contribution is 2.48. The second-order valence-electron chi connectivity index (χ2n) is 10.6. The van der Waals surface area contributed by atoms with Gasteiger partial charge in [0.1, 0.15) is 47.1 Å². The second kappa shape index (κ2) is 10.5. The second-order valence-corrected chi connectivity index (χ2v) is 10.6. The van der Waals surface area contributed by atoms with E-state index in [0.29, 0.717) is 73.9 Å². The van der Waals surface area contributed by atoms with Crippen LogP contribution in [0.2, 0.25) is 0 Å². The van der Waals surface area contributed by atoms with E-state index < -0.39 is 17.7 Å². The zero-order valence-electron chi connectivity index (χ0n) is 21.5. The highest BCUT2D eigenvalue weighted by atomic mass is 19.1. The molecule has 3 aliphatic rings. The standard InChI is InChI=1S/C31H31FO7/c32-26-10-12-27(38-22-7-5-20(6-8-22)37-18-31(35)13-15-36-16-14-31)23-9-11-28(29(23)26)39-21-3-1-19(2-4-21)24-17-25(24)30(33)34/h1-8,10,12,24-25,28,35H,9,11,13-18H2,(H,33,34). The van der Waals surface area contributed by atoms with E-state index in [1.807, 2.05) is 24.3 Å². The molecule has 3 aromatic carbocycles. The Balaban J connectivity index is 1.10. The summed E-state index contributed by atoms with van der Waals surface area (Å²) < 4.78 is 38.3. The molecule has 6 rings (SSSR count). The molecule has 3 atom stereocenters. The van der Waals surface area contributed by atoms with Gasteiger partial charge in [0, 0.05) is 37.2 Å². The van der Waals surface area contributed by atoms with Crippen molar-refractivity contribution in [2.24, 2.45) is 5.92 Å². The summed E-state index contributed by atoms with van der Waals surface area (Å²) in [5, 5.41) is 19.7. The summed E-state index contributed by atoms with van der Waals surface area (Å²) in [5.41, 5.74) is 1.42. The van der Waals surface area contributed by atoms with Crippen molar-refractivity contribution in [2.75, 3.05) is 19.8 Å². The molecule has 8 heteroatoms. The number of carbonyl (C=O) groups is 1. The Morgan fingerprint density at radius 3 is 2.36 bits per heavy atom. The average Bonchev–Trinajstić information content (AvgIpc) is 3.64. The normalized spacial score (nSPS) is 23.1. The van der Waals surface area contributed by atoms with Crippen LogP contribution < -0.4 is 14.2 Å². The fraction of sp³-hybridized carbons (Fsp3) is 0.387. The molecule has 39 heavy (non-hydrogen) atoms. The van der Waals surface area contributed by atoms with Crippen molar-refractivity contribution in [1.29, 1.82) is 0 Å². The van der Waals surface area contributed by atoms with E-state index in [1.165, 1.54) is 6.07 Å². The molecule has 204 valence electrons. The number of fused-ring (bicyclic) bond motifs is 1. The molecule has 1 saturated carbocycles. The molecular weight excluding hydrogens is 503 g/mol.